The highest BCUT2D eigenvalue weighted by Gasteiger charge is 2.33. The number of hydrogen-bond acceptors (Lipinski definition) is 4. The summed E-state index contributed by atoms with van der Waals surface area (Å²) in [5, 5.41) is 8.48. The lowest BCUT2D eigenvalue weighted by atomic mass is 9.87. The van der Waals surface area contributed by atoms with Crippen LogP contribution in [0.25, 0.3) is 11.3 Å². The van der Waals surface area contributed by atoms with Gasteiger partial charge in [-0.15, -0.1) is 10.2 Å². The van der Waals surface area contributed by atoms with Gasteiger partial charge < -0.3 is 9.64 Å². The molecule has 0 saturated carbocycles. The van der Waals surface area contributed by atoms with E-state index >= 15 is 0 Å². The molecule has 2 fully saturated rings. The zero-order chi connectivity index (χ0) is 16.5. The standard InChI is InChI=1S/C19H22FN3O/c1-13-11-14(4-5-16(13)20)17-6-7-19(22-21-17)24-18-8-10-23-9-2-3-15(18)12-23/h4-7,11,15,18H,2-3,8-10,12H2,1H3. The fraction of sp³-hybridized carbons (Fsp3) is 0.474. The van der Waals surface area contributed by atoms with E-state index in [1.54, 1.807) is 19.1 Å². The maximum absolute atomic E-state index is 13.4. The van der Waals surface area contributed by atoms with E-state index in [0.29, 0.717) is 17.4 Å². The third-order valence-electron chi connectivity index (χ3n) is 5.16. The molecule has 5 heteroatoms. The third kappa shape index (κ3) is 3.13. The summed E-state index contributed by atoms with van der Waals surface area (Å²) in [4.78, 5) is 2.53. The number of halogens is 1. The highest BCUT2D eigenvalue weighted by Crippen LogP contribution is 2.29. The highest BCUT2D eigenvalue weighted by atomic mass is 19.1. The molecular formula is C19H22FN3O. The quantitative estimate of drug-likeness (QED) is 0.865. The molecule has 3 atom stereocenters. The van der Waals surface area contributed by atoms with Gasteiger partial charge in [0, 0.05) is 30.6 Å². The molecule has 24 heavy (non-hydrogen) atoms. The second-order valence-electron chi connectivity index (χ2n) is 6.87. The summed E-state index contributed by atoms with van der Waals surface area (Å²) in [6.07, 6.45) is 3.81. The fourth-order valence-electron chi connectivity index (χ4n) is 3.79. The van der Waals surface area contributed by atoms with Gasteiger partial charge in [0.25, 0.3) is 0 Å². The molecule has 1 aromatic carbocycles. The number of hydrogen-bond donors (Lipinski definition) is 0. The Hall–Kier alpha value is -2.01. The number of aromatic nitrogens is 2. The van der Waals surface area contributed by atoms with Crippen LogP contribution in [0.2, 0.25) is 0 Å². The van der Waals surface area contributed by atoms with Gasteiger partial charge in [0.2, 0.25) is 5.88 Å². The third-order valence-corrected chi connectivity index (χ3v) is 5.16. The number of benzene rings is 1. The number of fused-ring (bicyclic) bond motifs is 2. The average molecular weight is 327 g/mol. The Kier molecular flexibility index (Phi) is 4.19. The van der Waals surface area contributed by atoms with Gasteiger partial charge in [-0.25, -0.2) is 4.39 Å². The summed E-state index contributed by atoms with van der Waals surface area (Å²) in [5.41, 5.74) is 2.21. The van der Waals surface area contributed by atoms with E-state index in [-0.39, 0.29) is 11.9 Å². The van der Waals surface area contributed by atoms with Crippen molar-refractivity contribution in [2.24, 2.45) is 5.92 Å². The van der Waals surface area contributed by atoms with Crippen LogP contribution in [-0.2, 0) is 0 Å². The van der Waals surface area contributed by atoms with Crippen LogP contribution in [0.4, 0.5) is 4.39 Å². The average Bonchev–Trinajstić information content (AvgIpc) is 2.61. The number of ether oxygens (including phenoxy) is 1. The molecule has 4 rings (SSSR count). The molecule has 2 aliphatic rings. The van der Waals surface area contributed by atoms with Crippen molar-refractivity contribution in [2.45, 2.75) is 32.3 Å². The van der Waals surface area contributed by atoms with Crippen LogP contribution in [0.5, 0.6) is 5.88 Å². The first-order valence-electron chi connectivity index (χ1n) is 8.68. The molecule has 4 nitrogen and oxygen atoms in total. The first kappa shape index (κ1) is 15.5. The van der Waals surface area contributed by atoms with Crippen molar-refractivity contribution < 1.29 is 9.13 Å². The van der Waals surface area contributed by atoms with Crippen molar-refractivity contribution in [3.05, 3.63) is 41.7 Å². The molecule has 2 aromatic rings. The second-order valence-corrected chi connectivity index (χ2v) is 6.87. The minimum absolute atomic E-state index is 0.203. The van der Waals surface area contributed by atoms with Gasteiger partial charge in [-0.2, -0.15) is 0 Å². The minimum Gasteiger partial charge on any atom is -0.473 e. The van der Waals surface area contributed by atoms with Crippen LogP contribution in [0.15, 0.2) is 30.3 Å². The molecule has 2 aliphatic heterocycles. The summed E-state index contributed by atoms with van der Waals surface area (Å²) < 4.78 is 19.5. The van der Waals surface area contributed by atoms with Crippen molar-refractivity contribution in [1.29, 1.82) is 0 Å². The van der Waals surface area contributed by atoms with Crippen LogP contribution in [-0.4, -0.2) is 40.8 Å². The largest absolute Gasteiger partial charge is 0.473 e. The van der Waals surface area contributed by atoms with Crippen LogP contribution in [0, 0.1) is 18.7 Å². The normalized spacial score (nSPS) is 26.2. The maximum Gasteiger partial charge on any atom is 0.233 e. The summed E-state index contributed by atoms with van der Waals surface area (Å²) in [7, 11) is 0. The summed E-state index contributed by atoms with van der Waals surface area (Å²) >= 11 is 0. The topological polar surface area (TPSA) is 38.2 Å². The summed E-state index contributed by atoms with van der Waals surface area (Å²) in [6.45, 7) is 5.24. The number of rotatable bonds is 3. The van der Waals surface area contributed by atoms with Crippen LogP contribution in [0.1, 0.15) is 24.8 Å². The molecule has 3 heterocycles. The Labute approximate surface area is 141 Å². The molecule has 0 spiro atoms. The van der Waals surface area contributed by atoms with Crippen molar-refractivity contribution in [2.75, 3.05) is 19.6 Å². The van der Waals surface area contributed by atoms with E-state index in [0.717, 1.165) is 30.8 Å². The molecule has 1 aromatic heterocycles. The van der Waals surface area contributed by atoms with Crippen molar-refractivity contribution in [1.82, 2.24) is 15.1 Å². The first-order valence-corrected chi connectivity index (χ1v) is 8.68. The fourth-order valence-corrected chi connectivity index (χ4v) is 3.79. The van der Waals surface area contributed by atoms with Crippen LogP contribution in [0.3, 0.4) is 0 Å². The molecule has 0 aliphatic carbocycles. The van der Waals surface area contributed by atoms with E-state index in [4.69, 9.17) is 4.74 Å². The van der Waals surface area contributed by atoms with E-state index in [1.165, 1.54) is 25.5 Å². The summed E-state index contributed by atoms with van der Waals surface area (Å²) in [6, 6.07) is 8.75. The van der Waals surface area contributed by atoms with Crippen LogP contribution >= 0.6 is 0 Å². The van der Waals surface area contributed by atoms with E-state index < -0.39 is 0 Å². The molecule has 126 valence electrons. The van der Waals surface area contributed by atoms with Gasteiger partial charge in [-0.3, -0.25) is 0 Å². The molecule has 0 amide bonds. The smallest absolute Gasteiger partial charge is 0.233 e. The molecule has 2 bridgehead atoms. The van der Waals surface area contributed by atoms with Gasteiger partial charge in [0.05, 0.1) is 5.69 Å². The van der Waals surface area contributed by atoms with Crippen molar-refractivity contribution in [3.8, 4) is 17.1 Å². The highest BCUT2D eigenvalue weighted by molar-refractivity contribution is 5.59. The van der Waals surface area contributed by atoms with Gasteiger partial charge in [-0.05, 0) is 62.6 Å². The summed E-state index contributed by atoms with van der Waals surface area (Å²) in [5.74, 6) is 0.987. The van der Waals surface area contributed by atoms with Crippen LogP contribution < -0.4 is 4.74 Å². The van der Waals surface area contributed by atoms with Gasteiger partial charge in [0.15, 0.2) is 0 Å². The number of piperidine rings is 2. The zero-order valence-electron chi connectivity index (χ0n) is 13.9. The zero-order valence-corrected chi connectivity index (χ0v) is 13.9. The number of nitrogens with zero attached hydrogens (tertiary/aromatic N) is 3. The van der Waals surface area contributed by atoms with Gasteiger partial charge in [-0.1, -0.05) is 0 Å². The maximum atomic E-state index is 13.4. The lowest BCUT2D eigenvalue weighted by Crippen LogP contribution is -2.49. The van der Waals surface area contributed by atoms with Gasteiger partial charge in [0.1, 0.15) is 11.9 Å². The number of aryl methyl sites for hydroxylation is 1. The minimum atomic E-state index is -0.203. The molecule has 2 saturated heterocycles. The predicted octanol–water partition coefficient (Wildman–Crippen LogP) is 3.45. The monoisotopic (exact) mass is 327 g/mol. The SMILES string of the molecule is Cc1cc(-c2ccc(OC3CCN4CCCC3C4)nn2)ccc1F. The second kappa shape index (κ2) is 6.48. The Bertz CT molecular complexity index is 719. The Balaban J connectivity index is 1.46. The Morgan fingerprint density at radius 3 is 2.83 bits per heavy atom. The predicted molar refractivity (Wildman–Crippen MR) is 90.4 cm³/mol. The Morgan fingerprint density at radius 2 is 2.04 bits per heavy atom. The van der Waals surface area contributed by atoms with E-state index in [9.17, 15) is 4.39 Å². The Morgan fingerprint density at radius 1 is 1.12 bits per heavy atom. The van der Waals surface area contributed by atoms with E-state index in [1.807, 2.05) is 12.1 Å². The van der Waals surface area contributed by atoms with E-state index in [2.05, 4.69) is 15.1 Å². The molecule has 3 unspecified atom stereocenters. The first-order chi connectivity index (χ1) is 11.7. The molecule has 0 radical (unpaired) electrons. The van der Waals surface area contributed by atoms with Crippen molar-refractivity contribution in [3.63, 3.8) is 0 Å². The molecular weight excluding hydrogens is 305 g/mol. The lowest BCUT2D eigenvalue weighted by Gasteiger charge is -2.42. The lowest BCUT2D eigenvalue weighted by molar-refractivity contribution is 0.0123. The molecule has 0 N–H and O–H groups in total. The van der Waals surface area contributed by atoms with Crippen molar-refractivity contribution >= 4 is 0 Å². The van der Waals surface area contributed by atoms with Gasteiger partial charge >= 0.3 is 0 Å².